The van der Waals surface area contributed by atoms with Crippen molar-refractivity contribution in [1.29, 1.82) is 0 Å². The molecule has 6 heteroatoms. The van der Waals surface area contributed by atoms with Gasteiger partial charge in [-0.05, 0) is 63.2 Å². The van der Waals surface area contributed by atoms with Crippen LogP contribution < -0.4 is 14.8 Å². The Labute approximate surface area is 160 Å². The summed E-state index contributed by atoms with van der Waals surface area (Å²) in [5.41, 5.74) is 0.852. The van der Waals surface area contributed by atoms with E-state index in [9.17, 15) is 4.79 Å². The van der Waals surface area contributed by atoms with Crippen LogP contribution in [0.1, 0.15) is 54.1 Å². The lowest BCUT2D eigenvalue weighted by molar-refractivity contribution is 0.0906. The molecule has 1 aliphatic heterocycles. The van der Waals surface area contributed by atoms with E-state index < -0.39 is 0 Å². The highest BCUT2D eigenvalue weighted by atomic mass is 16.5. The highest BCUT2D eigenvalue weighted by molar-refractivity contribution is 5.91. The van der Waals surface area contributed by atoms with Crippen LogP contribution in [0.3, 0.4) is 0 Å². The molecule has 1 atom stereocenters. The predicted octanol–water partition coefficient (Wildman–Crippen LogP) is 3.77. The Hall–Kier alpha value is -2.47. The molecule has 1 amide bonds. The van der Waals surface area contributed by atoms with E-state index >= 15 is 0 Å². The van der Waals surface area contributed by atoms with Gasteiger partial charge in [-0.25, -0.2) is 0 Å². The number of nitrogens with zero attached hydrogens (tertiary/aromatic N) is 1. The SMILES string of the molecule is COc1ccc(OC)c(C(C)NC(=O)c2ccc(CN3CCCCC3)o2)c1. The van der Waals surface area contributed by atoms with Gasteiger partial charge in [0, 0.05) is 5.56 Å². The van der Waals surface area contributed by atoms with Gasteiger partial charge in [0.15, 0.2) is 5.76 Å². The number of methoxy groups -OCH3 is 2. The molecule has 0 aliphatic carbocycles. The average molecular weight is 372 g/mol. The van der Waals surface area contributed by atoms with Crippen LogP contribution >= 0.6 is 0 Å². The van der Waals surface area contributed by atoms with Crippen LogP contribution in [0.15, 0.2) is 34.7 Å². The lowest BCUT2D eigenvalue weighted by Crippen LogP contribution is -2.29. The monoisotopic (exact) mass is 372 g/mol. The third kappa shape index (κ3) is 4.83. The minimum absolute atomic E-state index is 0.239. The second kappa shape index (κ2) is 8.95. The van der Waals surface area contributed by atoms with Gasteiger partial charge in [0.05, 0.1) is 26.8 Å². The molecule has 0 bridgehead atoms. The fourth-order valence-electron chi connectivity index (χ4n) is 3.45. The standard InChI is InChI=1S/C21H28N2O4/c1-15(18-13-16(25-2)7-9-19(18)26-3)22-21(24)20-10-8-17(27-20)14-23-11-5-4-6-12-23/h7-10,13,15H,4-6,11-12,14H2,1-3H3,(H,22,24). The molecule has 1 aliphatic rings. The molecule has 0 spiro atoms. The van der Waals surface area contributed by atoms with Crippen molar-refractivity contribution in [2.24, 2.45) is 0 Å². The first-order valence-corrected chi connectivity index (χ1v) is 9.44. The molecule has 3 rings (SSSR count). The second-order valence-corrected chi connectivity index (χ2v) is 6.91. The lowest BCUT2D eigenvalue weighted by atomic mass is 10.1. The van der Waals surface area contributed by atoms with Crippen molar-refractivity contribution in [3.63, 3.8) is 0 Å². The number of carbonyl (C=O) groups excluding carboxylic acids is 1. The summed E-state index contributed by atoms with van der Waals surface area (Å²) >= 11 is 0. The second-order valence-electron chi connectivity index (χ2n) is 6.91. The first-order chi connectivity index (χ1) is 13.1. The van der Waals surface area contributed by atoms with E-state index in [2.05, 4.69) is 10.2 Å². The summed E-state index contributed by atoms with van der Waals surface area (Å²) in [6.45, 7) is 4.85. The largest absolute Gasteiger partial charge is 0.497 e. The smallest absolute Gasteiger partial charge is 0.287 e. The zero-order valence-electron chi connectivity index (χ0n) is 16.3. The van der Waals surface area contributed by atoms with Crippen LogP contribution in [0.4, 0.5) is 0 Å². The van der Waals surface area contributed by atoms with E-state index in [4.69, 9.17) is 13.9 Å². The van der Waals surface area contributed by atoms with Crippen molar-refractivity contribution in [3.8, 4) is 11.5 Å². The Morgan fingerprint density at radius 1 is 1.15 bits per heavy atom. The molecule has 1 aromatic heterocycles. The maximum Gasteiger partial charge on any atom is 0.287 e. The van der Waals surface area contributed by atoms with Crippen LogP contribution in [-0.4, -0.2) is 38.1 Å². The van der Waals surface area contributed by atoms with Crippen molar-refractivity contribution in [2.75, 3.05) is 27.3 Å². The number of rotatable bonds is 7. The van der Waals surface area contributed by atoms with Gasteiger partial charge in [0.2, 0.25) is 0 Å². The summed E-state index contributed by atoms with van der Waals surface area (Å²) in [5, 5.41) is 2.97. The number of hydrogen-bond donors (Lipinski definition) is 1. The highest BCUT2D eigenvalue weighted by Crippen LogP contribution is 2.29. The van der Waals surface area contributed by atoms with Gasteiger partial charge in [-0.1, -0.05) is 6.42 Å². The third-order valence-corrected chi connectivity index (χ3v) is 4.96. The van der Waals surface area contributed by atoms with E-state index in [-0.39, 0.29) is 11.9 Å². The summed E-state index contributed by atoms with van der Waals surface area (Å²) < 4.78 is 16.5. The molecule has 1 fully saturated rings. The molecule has 27 heavy (non-hydrogen) atoms. The van der Waals surface area contributed by atoms with Crippen molar-refractivity contribution in [3.05, 3.63) is 47.4 Å². The number of furan rings is 1. The van der Waals surface area contributed by atoms with Gasteiger partial charge >= 0.3 is 0 Å². The summed E-state index contributed by atoms with van der Waals surface area (Å²) in [4.78, 5) is 15.0. The first kappa shape index (κ1) is 19.3. The van der Waals surface area contributed by atoms with Gasteiger partial charge in [-0.2, -0.15) is 0 Å². The molecule has 6 nitrogen and oxygen atoms in total. The number of hydrogen-bond acceptors (Lipinski definition) is 5. The van der Waals surface area contributed by atoms with E-state index in [1.165, 1.54) is 19.3 Å². The summed E-state index contributed by atoms with van der Waals surface area (Å²) in [5.74, 6) is 2.34. The summed E-state index contributed by atoms with van der Waals surface area (Å²) in [6.07, 6.45) is 3.76. The number of likely N-dealkylation sites (tertiary alicyclic amines) is 1. The zero-order valence-corrected chi connectivity index (χ0v) is 16.3. The summed E-state index contributed by atoms with van der Waals surface area (Å²) in [7, 11) is 3.22. The van der Waals surface area contributed by atoms with Crippen LogP contribution in [-0.2, 0) is 6.54 Å². The molecule has 1 unspecified atom stereocenters. The molecule has 0 radical (unpaired) electrons. The average Bonchev–Trinajstić information content (AvgIpc) is 3.16. The summed E-state index contributed by atoms with van der Waals surface area (Å²) in [6, 6.07) is 8.91. The van der Waals surface area contributed by atoms with E-state index in [0.717, 1.165) is 31.0 Å². The van der Waals surface area contributed by atoms with Gasteiger partial charge in [-0.3, -0.25) is 9.69 Å². The minimum atomic E-state index is -0.252. The van der Waals surface area contributed by atoms with E-state index in [1.54, 1.807) is 20.3 Å². The number of amides is 1. The number of piperidine rings is 1. The molecule has 2 heterocycles. The highest BCUT2D eigenvalue weighted by Gasteiger charge is 2.19. The van der Waals surface area contributed by atoms with Crippen molar-refractivity contribution in [1.82, 2.24) is 10.2 Å². The Morgan fingerprint density at radius 3 is 2.63 bits per heavy atom. The van der Waals surface area contributed by atoms with Crippen molar-refractivity contribution in [2.45, 2.75) is 38.8 Å². The van der Waals surface area contributed by atoms with Crippen molar-refractivity contribution < 1.29 is 18.7 Å². The number of ether oxygens (including phenoxy) is 2. The van der Waals surface area contributed by atoms with E-state index in [1.807, 2.05) is 31.2 Å². The van der Waals surface area contributed by atoms with Gasteiger partial charge in [-0.15, -0.1) is 0 Å². The third-order valence-electron chi connectivity index (χ3n) is 4.96. The molecular weight excluding hydrogens is 344 g/mol. The van der Waals surface area contributed by atoms with Crippen LogP contribution in [0.25, 0.3) is 0 Å². The Kier molecular flexibility index (Phi) is 6.40. The predicted molar refractivity (Wildman–Crippen MR) is 103 cm³/mol. The molecule has 146 valence electrons. The first-order valence-electron chi connectivity index (χ1n) is 9.44. The van der Waals surface area contributed by atoms with Gasteiger partial charge < -0.3 is 19.2 Å². The molecular formula is C21H28N2O4. The topological polar surface area (TPSA) is 63.9 Å². The fourth-order valence-corrected chi connectivity index (χ4v) is 3.45. The molecule has 1 saturated heterocycles. The Balaban J connectivity index is 1.65. The van der Waals surface area contributed by atoms with Gasteiger partial charge in [0.25, 0.3) is 5.91 Å². The Bertz CT molecular complexity index is 765. The number of benzene rings is 1. The fraction of sp³-hybridized carbons (Fsp3) is 0.476. The molecule has 1 aromatic carbocycles. The lowest BCUT2D eigenvalue weighted by Gasteiger charge is -2.25. The quantitative estimate of drug-likeness (QED) is 0.801. The molecule has 0 saturated carbocycles. The minimum Gasteiger partial charge on any atom is -0.497 e. The molecule has 2 aromatic rings. The van der Waals surface area contributed by atoms with E-state index in [0.29, 0.717) is 17.3 Å². The number of carbonyl (C=O) groups is 1. The van der Waals surface area contributed by atoms with Crippen LogP contribution in [0.2, 0.25) is 0 Å². The number of nitrogens with one attached hydrogen (secondary N) is 1. The normalized spacial score (nSPS) is 16.0. The molecule has 1 N–H and O–H groups in total. The zero-order chi connectivity index (χ0) is 19.2. The van der Waals surface area contributed by atoms with Gasteiger partial charge in [0.1, 0.15) is 17.3 Å². The Morgan fingerprint density at radius 2 is 1.93 bits per heavy atom. The maximum atomic E-state index is 12.6. The van der Waals surface area contributed by atoms with Crippen LogP contribution in [0, 0.1) is 0 Å². The maximum absolute atomic E-state index is 12.6. The van der Waals surface area contributed by atoms with Crippen molar-refractivity contribution >= 4 is 5.91 Å². The van der Waals surface area contributed by atoms with Crippen LogP contribution in [0.5, 0.6) is 11.5 Å².